The van der Waals surface area contributed by atoms with Crippen LogP contribution in [0.25, 0.3) is 0 Å². The normalized spacial score (nSPS) is 16.1. The number of nitrogens with zero attached hydrogens (tertiary/aromatic N) is 2. The lowest BCUT2D eigenvalue weighted by molar-refractivity contribution is -0.136. The Hall–Kier alpha value is -2.41. The predicted octanol–water partition coefficient (Wildman–Crippen LogP) is 0.640. The van der Waals surface area contributed by atoms with Gasteiger partial charge in [0.2, 0.25) is 11.8 Å². The summed E-state index contributed by atoms with van der Waals surface area (Å²) in [7, 11) is 1.62. The monoisotopic (exact) mass is 374 g/mol. The molecule has 0 saturated carbocycles. The molecule has 1 aliphatic rings. The van der Waals surface area contributed by atoms with Crippen LogP contribution in [0.1, 0.15) is 29.8 Å². The van der Waals surface area contributed by atoms with Gasteiger partial charge < -0.3 is 15.5 Å². The van der Waals surface area contributed by atoms with Crippen LogP contribution in [0.15, 0.2) is 24.3 Å². The van der Waals surface area contributed by atoms with Crippen molar-refractivity contribution in [1.82, 2.24) is 20.4 Å². The molecule has 1 heterocycles. The second kappa shape index (κ2) is 9.50. The standard InChI is InChI=1S/C20H30N4O3/c1-14(2)18(22-19(26)16-8-6-5-7-15(16)3)20(27)24-11-9-23(10-12-24)13-17(25)21-4/h5-8,14,18H,9-13H2,1-4H3,(H,21,25)(H,22,26). The lowest BCUT2D eigenvalue weighted by Gasteiger charge is -2.37. The second-order valence-corrected chi connectivity index (χ2v) is 7.28. The van der Waals surface area contributed by atoms with Gasteiger partial charge in [-0.05, 0) is 24.5 Å². The van der Waals surface area contributed by atoms with E-state index < -0.39 is 6.04 Å². The van der Waals surface area contributed by atoms with E-state index in [1.807, 2.05) is 43.9 Å². The van der Waals surface area contributed by atoms with Crippen LogP contribution in [0.2, 0.25) is 0 Å². The molecule has 2 N–H and O–H groups in total. The highest BCUT2D eigenvalue weighted by molar-refractivity contribution is 5.98. The molecule has 2 rings (SSSR count). The third-order valence-electron chi connectivity index (χ3n) is 4.94. The molecule has 7 heteroatoms. The van der Waals surface area contributed by atoms with Crippen molar-refractivity contribution in [3.8, 4) is 0 Å². The molecule has 3 amide bonds. The molecule has 0 aliphatic carbocycles. The quantitative estimate of drug-likeness (QED) is 0.766. The number of aryl methyl sites for hydroxylation is 1. The Kier molecular flexibility index (Phi) is 7.36. The van der Waals surface area contributed by atoms with Crippen LogP contribution in [0.4, 0.5) is 0 Å². The van der Waals surface area contributed by atoms with Crippen LogP contribution in [0.5, 0.6) is 0 Å². The molecule has 27 heavy (non-hydrogen) atoms. The maximum absolute atomic E-state index is 13.0. The number of piperazine rings is 1. The summed E-state index contributed by atoms with van der Waals surface area (Å²) in [5.74, 6) is -0.334. The number of benzene rings is 1. The van der Waals surface area contributed by atoms with E-state index >= 15 is 0 Å². The Labute approximate surface area is 161 Å². The molecule has 1 unspecified atom stereocenters. The number of amides is 3. The molecule has 1 saturated heterocycles. The fourth-order valence-electron chi connectivity index (χ4n) is 3.17. The van der Waals surface area contributed by atoms with Gasteiger partial charge in [-0.25, -0.2) is 0 Å². The molecule has 1 aliphatic heterocycles. The molecule has 0 spiro atoms. The van der Waals surface area contributed by atoms with E-state index in [4.69, 9.17) is 0 Å². The molecule has 0 aromatic heterocycles. The fraction of sp³-hybridized carbons (Fsp3) is 0.550. The van der Waals surface area contributed by atoms with Crippen molar-refractivity contribution in [3.05, 3.63) is 35.4 Å². The highest BCUT2D eigenvalue weighted by Crippen LogP contribution is 2.12. The van der Waals surface area contributed by atoms with Gasteiger partial charge in [0.05, 0.1) is 6.54 Å². The van der Waals surface area contributed by atoms with Crippen molar-refractivity contribution < 1.29 is 14.4 Å². The second-order valence-electron chi connectivity index (χ2n) is 7.28. The third-order valence-corrected chi connectivity index (χ3v) is 4.94. The van der Waals surface area contributed by atoms with Gasteiger partial charge in [0.25, 0.3) is 5.91 Å². The summed E-state index contributed by atoms with van der Waals surface area (Å²) in [6.45, 7) is 8.50. The Morgan fingerprint density at radius 3 is 2.26 bits per heavy atom. The van der Waals surface area contributed by atoms with Gasteiger partial charge >= 0.3 is 0 Å². The van der Waals surface area contributed by atoms with E-state index in [-0.39, 0.29) is 23.6 Å². The van der Waals surface area contributed by atoms with Crippen LogP contribution in [-0.4, -0.2) is 73.3 Å². The van der Waals surface area contributed by atoms with E-state index in [1.54, 1.807) is 18.0 Å². The van der Waals surface area contributed by atoms with Crippen LogP contribution >= 0.6 is 0 Å². The zero-order valence-electron chi connectivity index (χ0n) is 16.6. The maximum Gasteiger partial charge on any atom is 0.252 e. The summed E-state index contributed by atoms with van der Waals surface area (Å²) in [5, 5.41) is 5.53. The molecule has 1 aromatic rings. The van der Waals surface area contributed by atoms with E-state index in [9.17, 15) is 14.4 Å². The van der Waals surface area contributed by atoms with Crippen molar-refractivity contribution in [2.75, 3.05) is 39.8 Å². The van der Waals surface area contributed by atoms with E-state index in [2.05, 4.69) is 10.6 Å². The first-order valence-electron chi connectivity index (χ1n) is 9.41. The number of hydrogen-bond donors (Lipinski definition) is 2. The molecule has 0 radical (unpaired) electrons. The smallest absolute Gasteiger partial charge is 0.252 e. The van der Waals surface area contributed by atoms with Gasteiger partial charge in [0.15, 0.2) is 0 Å². The topological polar surface area (TPSA) is 81.8 Å². The average molecular weight is 374 g/mol. The van der Waals surface area contributed by atoms with Crippen LogP contribution in [0, 0.1) is 12.8 Å². The van der Waals surface area contributed by atoms with Gasteiger partial charge in [-0.15, -0.1) is 0 Å². The Morgan fingerprint density at radius 1 is 1.07 bits per heavy atom. The summed E-state index contributed by atoms with van der Waals surface area (Å²) in [5.41, 5.74) is 1.47. The predicted molar refractivity (Wildman–Crippen MR) is 104 cm³/mol. The Morgan fingerprint density at radius 2 is 1.70 bits per heavy atom. The Bertz CT molecular complexity index is 682. The summed E-state index contributed by atoms with van der Waals surface area (Å²) >= 11 is 0. The van der Waals surface area contributed by atoms with E-state index in [0.717, 1.165) is 5.56 Å². The first-order chi connectivity index (χ1) is 12.8. The molecule has 1 fully saturated rings. The zero-order chi connectivity index (χ0) is 20.0. The zero-order valence-corrected chi connectivity index (χ0v) is 16.6. The maximum atomic E-state index is 13.0. The minimum absolute atomic E-state index is 0.0191. The van der Waals surface area contributed by atoms with Crippen molar-refractivity contribution in [3.63, 3.8) is 0 Å². The van der Waals surface area contributed by atoms with Crippen LogP contribution < -0.4 is 10.6 Å². The summed E-state index contributed by atoms with van der Waals surface area (Å²) in [6.07, 6.45) is 0. The lowest BCUT2D eigenvalue weighted by atomic mass is 10.0. The number of hydrogen-bond acceptors (Lipinski definition) is 4. The molecule has 1 aromatic carbocycles. The highest BCUT2D eigenvalue weighted by Gasteiger charge is 2.31. The van der Waals surface area contributed by atoms with Gasteiger partial charge in [-0.3, -0.25) is 19.3 Å². The van der Waals surface area contributed by atoms with Crippen molar-refractivity contribution in [1.29, 1.82) is 0 Å². The van der Waals surface area contributed by atoms with Crippen molar-refractivity contribution in [2.24, 2.45) is 5.92 Å². The van der Waals surface area contributed by atoms with Gasteiger partial charge in [0.1, 0.15) is 6.04 Å². The van der Waals surface area contributed by atoms with Crippen molar-refractivity contribution in [2.45, 2.75) is 26.8 Å². The van der Waals surface area contributed by atoms with Gasteiger partial charge in [-0.1, -0.05) is 32.0 Å². The number of likely N-dealkylation sites (N-methyl/N-ethyl adjacent to an activating group) is 1. The average Bonchev–Trinajstić information content (AvgIpc) is 2.66. The van der Waals surface area contributed by atoms with Gasteiger partial charge in [-0.2, -0.15) is 0 Å². The molecule has 1 atom stereocenters. The lowest BCUT2D eigenvalue weighted by Crippen LogP contribution is -2.57. The summed E-state index contributed by atoms with van der Waals surface area (Å²) in [4.78, 5) is 40.9. The number of carbonyl (C=O) groups excluding carboxylic acids is 3. The fourth-order valence-corrected chi connectivity index (χ4v) is 3.17. The first-order valence-corrected chi connectivity index (χ1v) is 9.41. The first kappa shape index (κ1) is 20.9. The molecule has 7 nitrogen and oxygen atoms in total. The molecule has 148 valence electrons. The molecular weight excluding hydrogens is 344 g/mol. The highest BCUT2D eigenvalue weighted by atomic mass is 16.2. The van der Waals surface area contributed by atoms with Crippen LogP contribution in [-0.2, 0) is 9.59 Å². The number of nitrogens with one attached hydrogen (secondary N) is 2. The largest absolute Gasteiger partial charge is 0.358 e. The van der Waals surface area contributed by atoms with Gasteiger partial charge in [0, 0.05) is 38.8 Å². The van der Waals surface area contributed by atoms with E-state index in [0.29, 0.717) is 38.3 Å². The minimum atomic E-state index is -0.567. The number of rotatable bonds is 6. The molecule has 0 bridgehead atoms. The Balaban J connectivity index is 1.98. The summed E-state index contributed by atoms with van der Waals surface area (Å²) in [6, 6.07) is 6.79. The van der Waals surface area contributed by atoms with Crippen molar-refractivity contribution >= 4 is 17.7 Å². The number of carbonyl (C=O) groups is 3. The third kappa shape index (κ3) is 5.53. The minimum Gasteiger partial charge on any atom is -0.358 e. The summed E-state index contributed by atoms with van der Waals surface area (Å²) < 4.78 is 0. The molecular formula is C20H30N4O3. The van der Waals surface area contributed by atoms with Crippen LogP contribution in [0.3, 0.4) is 0 Å². The van der Waals surface area contributed by atoms with E-state index in [1.165, 1.54) is 0 Å². The SMILES string of the molecule is CNC(=O)CN1CCN(C(=O)C(NC(=O)c2ccccc2C)C(C)C)CC1.